The number of thioether (sulfide) groups is 1. The summed E-state index contributed by atoms with van der Waals surface area (Å²) in [5.74, 6) is 2.15. The zero-order valence-corrected chi connectivity index (χ0v) is 18.5. The van der Waals surface area contributed by atoms with Gasteiger partial charge in [0.2, 0.25) is 0 Å². The lowest BCUT2D eigenvalue weighted by atomic mass is 10.1. The second-order valence-electron chi connectivity index (χ2n) is 6.46. The minimum absolute atomic E-state index is 0. The smallest absolute Gasteiger partial charge is 0.191 e. The molecule has 142 valence electrons. The molecule has 1 aromatic carbocycles. The fourth-order valence-corrected chi connectivity index (χ4v) is 4.10. The largest absolute Gasteiger partial charge is 0.357 e. The quantitative estimate of drug-likeness (QED) is 0.373. The lowest BCUT2D eigenvalue weighted by molar-refractivity contribution is 0.584. The molecule has 0 amide bonds. The van der Waals surface area contributed by atoms with Crippen molar-refractivity contribution in [3.8, 4) is 5.69 Å². The van der Waals surface area contributed by atoms with Crippen LogP contribution in [0.3, 0.4) is 0 Å². The van der Waals surface area contributed by atoms with Crippen molar-refractivity contribution in [1.29, 1.82) is 0 Å². The van der Waals surface area contributed by atoms with E-state index in [4.69, 9.17) is 4.99 Å². The highest BCUT2D eigenvalue weighted by Crippen LogP contribution is 2.36. The third-order valence-corrected chi connectivity index (χ3v) is 5.85. The van der Waals surface area contributed by atoms with Gasteiger partial charge in [-0.1, -0.05) is 12.1 Å². The number of nitrogens with one attached hydrogen (secondary N) is 2. The topological polar surface area (TPSA) is 67.1 Å². The van der Waals surface area contributed by atoms with Gasteiger partial charge in [0, 0.05) is 17.8 Å². The summed E-state index contributed by atoms with van der Waals surface area (Å²) in [6.45, 7) is 6.90. The highest BCUT2D eigenvalue weighted by molar-refractivity contribution is 14.0. The molecule has 1 saturated heterocycles. The number of hydrogen-bond acceptors (Lipinski definition) is 4. The van der Waals surface area contributed by atoms with E-state index < -0.39 is 0 Å². The average Bonchev–Trinajstić information content (AvgIpc) is 3.30. The molecule has 2 aromatic rings. The molecule has 1 unspecified atom stereocenters. The Morgan fingerprint density at radius 1 is 1.31 bits per heavy atom. The lowest BCUT2D eigenvalue weighted by Gasteiger charge is -2.24. The molecule has 0 aliphatic carbocycles. The molecule has 1 atom stereocenters. The van der Waals surface area contributed by atoms with Gasteiger partial charge >= 0.3 is 0 Å². The van der Waals surface area contributed by atoms with E-state index in [0.717, 1.165) is 24.7 Å². The van der Waals surface area contributed by atoms with Gasteiger partial charge in [-0.3, -0.25) is 0 Å². The molecule has 0 radical (unpaired) electrons. The van der Waals surface area contributed by atoms with Gasteiger partial charge in [0.25, 0.3) is 0 Å². The Hall–Kier alpha value is -1.29. The number of guanidine groups is 1. The summed E-state index contributed by atoms with van der Waals surface area (Å²) >= 11 is 2.06. The molecule has 6 nitrogen and oxygen atoms in total. The second kappa shape index (κ2) is 10.1. The van der Waals surface area contributed by atoms with E-state index in [0.29, 0.717) is 11.3 Å². The molecule has 8 heteroatoms. The number of rotatable bonds is 6. The minimum Gasteiger partial charge on any atom is -0.357 e. The minimum atomic E-state index is 0. The molecule has 3 rings (SSSR count). The van der Waals surface area contributed by atoms with Crippen LogP contribution in [0.15, 0.2) is 41.9 Å². The van der Waals surface area contributed by atoms with Crippen LogP contribution < -0.4 is 10.6 Å². The van der Waals surface area contributed by atoms with Crippen molar-refractivity contribution in [2.45, 2.75) is 38.0 Å². The van der Waals surface area contributed by atoms with E-state index in [1.54, 1.807) is 11.0 Å². The van der Waals surface area contributed by atoms with E-state index in [1.807, 2.05) is 12.1 Å². The number of halogens is 1. The van der Waals surface area contributed by atoms with Crippen LogP contribution in [0.1, 0.15) is 32.3 Å². The molecule has 26 heavy (non-hydrogen) atoms. The summed E-state index contributed by atoms with van der Waals surface area (Å²) in [6.07, 6.45) is 5.82. The summed E-state index contributed by atoms with van der Waals surface area (Å²) in [5, 5.41) is 11.0. The van der Waals surface area contributed by atoms with Crippen molar-refractivity contribution in [2.24, 2.45) is 4.99 Å². The van der Waals surface area contributed by atoms with Gasteiger partial charge < -0.3 is 10.6 Å². The zero-order valence-electron chi connectivity index (χ0n) is 15.3. The van der Waals surface area contributed by atoms with Crippen LogP contribution in [0.25, 0.3) is 5.69 Å². The first-order chi connectivity index (χ1) is 12.2. The Bertz CT molecular complexity index is 680. The summed E-state index contributed by atoms with van der Waals surface area (Å²) in [4.78, 5) is 8.69. The Balaban J connectivity index is 0.00000243. The zero-order chi connectivity index (χ0) is 17.5. The molecule has 1 aliphatic heterocycles. The molecule has 2 N–H and O–H groups in total. The maximum atomic E-state index is 4.72. The lowest BCUT2D eigenvalue weighted by Crippen LogP contribution is -2.43. The van der Waals surface area contributed by atoms with Crippen molar-refractivity contribution >= 4 is 41.7 Å². The van der Waals surface area contributed by atoms with Gasteiger partial charge in [-0.2, -0.15) is 16.9 Å². The van der Waals surface area contributed by atoms with E-state index in [9.17, 15) is 0 Å². The summed E-state index contributed by atoms with van der Waals surface area (Å²) < 4.78 is 2.08. The van der Waals surface area contributed by atoms with E-state index in [-0.39, 0.29) is 24.0 Å². The summed E-state index contributed by atoms with van der Waals surface area (Å²) in [7, 11) is 0. The Labute approximate surface area is 176 Å². The fourth-order valence-electron chi connectivity index (χ4n) is 2.85. The highest BCUT2D eigenvalue weighted by Gasteiger charge is 2.29. The van der Waals surface area contributed by atoms with Crippen LogP contribution in [-0.2, 0) is 6.54 Å². The maximum Gasteiger partial charge on any atom is 0.191 e. The normalized spacial score (nSPS) is 19.8. The second-order valence-corrected chi connectivity index (χ2v) is 8.14. The average molecular weight is 486 g/mol. The van der Waals surface area contributed by atoms with Gasteiger partial charge in [0.15, 0.2) is 5.96 Å². The monoisotopic (exact) mass is 486 g/mol. The number of aliphatic imine (C=N–C) groups is 1. The van der Waals surface area contributed by atoms with Crippen LogP contribution in [-0.4, -0.2) is 44.3 Å². The third-order valence-electron chi connectivity index (χ3n) is 4.31. The van der Waals surface area contributed by atoms with Crippen LogP contribution in [0.2, 0.25) is 0 Å². The Morgan fingerprint density at radius 3 is 2.73 bits per heavy atom. The fraction of sp³-hybridized carbons (Fsp3) is 0.500. The van der Waals surface area contributed by atoms with Crippen LogP contribution >= 0.6 is 35.7 Å². The molecular formula is C18H27IN6S. The van der Waals surface area contributed by atoms with Crippen LogP contribution in [0.4, 0.5) is 0 Å². The molecular weight excluding hydrogens is 459 g/mol. The van der Waals surface area contributed by atoms with Gasteiger partial charge in [-0.25, -0.2) is 14.7 Å². The van der Waals surface area contributed by atoms with Crippen LogP contribution in [0.5, 0.6) is 0 Å². The molecule has 0 saturated carbocycles. The summed E-state index contributed by atoms with van der Waals surface area (Å²) in [6, 6.07) is 8.24. The standard InChI is InChI=1S/C18H26N6S.HI/c1-3-20-17(22-12-18(2)9-4-10-25-18)21-11-15-5-7-16(8-6-15)24-14-19-13-23-24;/h5-8,13-14H,3-4,9-12H2,1-2H3,(H2,20,21,22);1H. The van der Waals surface area contributed by atoms with Crippen LogP contribution in [0, 0.1) is 0 Å². The van der Waals surface area contributed by atoms with Crippen molar-refractivity contribution in [3.05, 3.63) is 42.5 Å². The van der Waals surface area contributed by atoms with E-state index >= 15 is 0 Å². The molecule has 1 fully saturated rings. The van der Waals surface area contributed by atoms with Gasteiger partial charge in [0.1, 0.15) is 12.7 Å². The SMILES string of the molecule is CCNC(=NCc1ccc(-n2cncn2)cc1)NCC1(C)CCCS1.I. The molecule has 1 aliphatic rings. The van der Waals surface area contributed by atoms with Crippen molar-refractivity contribution in [2.75, 3.05) is 18.8 Å². The molecule has 2 heterocycles. The first kappa shape index (κ1) is 21.0. The highest BCUT2D eigenvalue weighted by atomic mass is 127. The maximum absolute atomic E-state index is 4.72. The number of nitrogens with zero attached hydrogens (tertiary/aromatic N) is 4. The Morgan fingerprint density at radius 2 is 2.12 bits per heavy atom. The first-order valence-electron chi connectivity index (χ1n) is 8.79. The predicted molar refractivity (Wildman–Crippen MR) is 120 cm³/mol. The van der Waals surface area contributed by atoms with E-state index in [1.165, 1.54) is 30.5 Å². The Kier molecular flexibility index (Phi) is 8.20. The predicted octanol–water partition coefficient (Wildman–Crippen LogP) is 3.23. The van der Waals surface area contributed by atoms with Gasteiger partial charge in [-0.15, -0.1) is 24.0 Å². The first-order valence-corrected chi connectivity index (χ1v) is 9.77. The van der Waals surface area contributed by atoms with Gasteiger partial charge in [-0.05, 0) is 50.1 Å². The number of aromatic nitrogens is 3. The molecule has 1 aromatic heterocycles. The van der Waals surface area contributed by atoms with Crippen molar-refractivity contribution < 1.29 is 0 Å². The van der Waals surface area contributed by atoms with Crippen molar-refractivity contribution in [1.82, 2.24) is 25.4 Å². The third kappa shape index (κ3) is 5.87. The van der Waals surface area contributed by atoms with Gasteiger partial charge in [0.05, 0.1) is 12.2 Å². The molecule has 0 spiro atoms. The van der Waals surface area contributed by atoms with Crippen molar-refractivity contribution in [3.63, 3.8) is 0 Å². The van der Waals surface area contributed by atoms with E-state index in [2.05, 4.69) is 58.5 Å². The number of benzene rings is 1. The molecule has 0 bridgehead atoms. The summed E-state index contributed by atoms with van der Waals surface area (Å²) in [5.41, 5.74) is 2.17. The number of hydrogen-bond donors (Lipinski definition) is 2.